The van der Waals surface area contributed by atoms with Crippen LogP contribution in [0.2, 0.25) is 0 Å². The molecule has 1 aromatic heterocycles. The molecule has 1 N–H and O–H groups in total. The van der Waals surface area contributed by atoms with Gasteiger partial charge in [0.1, 0.15) is 28.7 Å². The average molecular weight is 521 g/mol. The Kier molecular flexibility index (Phi) is 6.25. The third kappa shape index (κ3) is 4.70. The van der Waals surface area contributed by atoms with Gasteiger partial charge in [-0.05, 0) is 73.5 Å². The molecular formula is C28H25FN2O5S. The number of nitrogens with one attached hydrogen (secondary N) is 1. The number of allylic oxidation sites excluding steroid dienone is 1. The van der Waals surface area contributed by atoms with Crippen molar-refractivity contribution in [2.24, 2.45) is 0 Å². The van der Waals surface area contributed by atoms with Crippen molar-refractivity contribution >= 4 is 38.2 Å². The Balaban J connectivity index is 1.62. The van der Waals surface area contributed by atoms with Crippen LogP contribution in [0.5, 0.6) is 11.5 Å². The highest BCUT2D eigenvalue weighted by molar-refractivity contribution is 7.92. The molecule has 5 rings (SSSR count). The Morgan fingerprint density at radius 2 is 1.70 bits per heavy atom. The lowest BCUT2D eigenvalue weighted by Crippen LogP contribution is -2.30. The highest BCUT2D eigenvalue weighted by atomic mass is 32.2. The SMILES string of the molecule is CNC(=O)c1c(-c2ccc(Oc3ccc(F)cc3)cc2)oc2cc3c(cc12)C(C)=CCCN3S(C)(=O)=O. The summed E-state index contributed by atoms with van der Waals surface area (Å²) in [4.78, 5) is 13.0. The zero-order valence-corrected chi connectivity index (χ0v) is 21.4. The molecule has 4 aromatic rings. The van der Waals surface area contributed by atoms with E-state index < -0.39 is 10.0 Å². The average Bonchev–Trinajstić information content (AvgIpc) is 3.16. The van der Waals surface area contributed by atoms with Crippen LogP contribution in [0, 0.1) is 5.82 Å². The van der Waals surface area contributed by atoms with E-state index in [4.69, 9.17) is 9.15 Å². The van der Waals surface area contributed by atoms with E-state index in [1.54, 1.807) is 37.4 Å². The standard InChI is InChI=1S/C28H25FN2O5S/c1-17-5-4-14-31(37(3,33)34)24-16-25-23(15-22(17)24)26(28(32)30-2)27(36-25)18-6-10-20(11-7-18)35-21-12-8-19(29)9-13-21/h5-13,15-16H,4,14H2,1-3H3,(H,30,32). The fraction of sp³-hybridized carbons (Fsp3) is 0.179. The van der Waals surface area contributed by atoms with Crippen molar-refractivity contribution in [3.63, 3.8) is 0 Å². The fourth-order valence-corrected chi connectivity index (χ4v) is 5.44. The van der Waals surface area contributed by atoms with Gasteiger partial charge < -0.3 is 14.5 Å². The highest BCUT2D eigenvalue weighted by Gasteiger charge is 2.28. The molecule has 37 heavy (non-hydrogen) atoms. The number of sulfonamides is 1. The summed E-state index contributed by atoms with van der Waals surface area (Å²) in [5, 5.41) is 3.27. The van der Waals surface area contributed by atoms with Crippen molar-refractivity contribution < 1.29 is 26.8 Å². The van der Waals surface area contributed by atoms with Crippen molar-refractivity contribution in [2.45, 2.75) is 13.3 Å². The number of hydrogen-bond acceptors (Lipinski definition) is 5. The Morgan fingerprint density at radius 3 is 2.32 bits per heavy atom. The lowest BCUT2D eigenvalue weighted by atomic mass is 9.99. The van der Waals surface area contributed by atoms with Crippen LogP contribution in [0.1, 0.15) is 29.3 Å². The molecule has 7 nitrogen and oxygen atoms in total. The van der Waals surface area contributed by atoms with Crippen LogP contribution in [0.4, 0.5) is 10.1 Å². The van der Waals surface area contributed by atoms with Crippen LogP contribution < -0.4 is 14.4 Å². The number of furan rings is 1. The van der Waals surface area contributed by atoms with Gasteiger partial charge in [-0.1, -0.05) is 6.08 Å². The fourth-order valence-electron chi connectivity index (χ4n) is 4.49. The number of ether oxygens (including phenoxy) is 1. The molecule has 1 aliphatic rings. The zero-order valence-electron chi connectivity index (χ0n) is 20.5. The van der Waals surface area contributed by atoms with Gasteiger partial charge in [0.05, 0.1) is 17.5 Å². The first-order chi connectivity index (χ1) is 17.7. The summed E-state index contributed by atoms with van der Waals surface area (Å²) in [7, 11) is -1.97. The number of carbonyl (C=O) groups is 1. The van der Waals surface area contributed by atoms with E-state index in [1.807, 2.05) is 19.1 Å². The Hall–Kier alpha value is -4.11. The Labute approximate surface area is 214 Å². The van der Waals surface area contributed by atoms with Gasteiger partial charge in [-0.2, -0.15) is 0 Å². The largest absolute Gasteiger partial charge is 0.457 e. The molecule has 190 valence electrons. The minimum absolute atomic E-state index is 0.320. The predicted octanol–water partition coefficient (Wildman–Crippen LogP) is 5.96. The van der Waals surface area contributed by atoms with E-state index in [-0.39, 0.29) is 11.7 Å². The van der Waals surface area contributed by atoms with Gasteiger partial charge >= 0.3 is 0 Å². The van der Waals surface area contributed by atoms with Crippen LogP contribution in [-0.2, 0) is 10.0 Å². The second kappa shape index (κ2) is 9.40. The molecule has 0 atom stereocenters. The second-order valence-corrected chi connectivity index (χ2v) is 10.7. The topological polar surface area (TPSA) is 88.8 Å². The second-order valence-electron chi connectivity index (χ2n) is 8.84. The van der Waals surface area contributed by atoms with Crippen LogP contribution in [0.25, 0.3) is 27.9 Å². The minimum Gasteiger partial charge on any atom is -0.457 e. The van der Waals surface area contributed by atoms with Crippen LogP contribution in [0.3, 0.4) is 0 Å². The normalized spacial score (nSPS) is 13.6. The molecule has 3 aromatic carbocycles. The molecular weight excluding hydrogens is 495 g/mol. The third-order valence-corrected chi connectivity index (χ3v) is 7.48. The van der Waals surface area contributed by atoms with Gasteiger partial charge in [0.25, 0.3) is 5.91 Å². The van der Waals surface area contributed by atoms with Crippen molar-refractivity contribution in [3.05, 3.63) is 83.7 Å². The summed E-state index contributed by atoms with van der Waals surface area (Å²) < 4.78 is 51.6. The molecule has 0 fully saturated rings. The number of anilines is 1. The molecule has 0 aliphatic carbocycles. The smallest absolute Gasteiger partial charge is 0.255 e. The summed E-state index contributed by atoms with van der Waals surface area (Å²) in [6.45, 7) is 2.25. The summed E-state index contributed by atoms with van der Waals surface area (Å²) in [6.07, 6.45) is 3.76. The van der Waals surface area contributed by atoms with Crippen LogP contribution in [0.15, 0.2) is 71.2 Å². The van der Waals surface area contributed by atoms with Gasteiger partial charge in [0, 0.05) is 36.2 Å². The van der Waals surface area contributed by atoms with Gasteiger partial charge in [-0.25, -0.2) is 12.8 Å². The number of hydrogen-bond donors (Lipinski definition) is 1. The van der Waals surface area contributed by atoms with E-state index >= 15 is 0 Å². The van der Waals surface area contributed by atoms with E-state index in [1.165, 1.54) is 34.8 Å². The lowest BCUT2D eigenvalue weighted by molar-refractivity contribution is 0.0964. The maximum Gasteiger partial charge on any atom is 0.255 e. The number of rotatable bonds is 5. The quantitative estimate of drug-likeness (QED) is 0.351. The first-order valence-corrected chi connectivity index (χ1v) is 13.5. The predicted molar refractivity (Wildman–Crippen MR) is 142 cm³/mol. The molecule has 1 amide bonds. The lowest BCUT2D eigenvalue weighted by Gasteiger charge is -2.22. The molecule has 1 aliphatic heterocycles. The molecule has 9 heteroatoms. The molecule has 0 saturated carbocycles. The summed E-state index contributed by atoms with van der Waals surface area (Å²) >= 11 is 0. The number of fused-ring (bicyclic) bond motifs is 2. The number of carbonyl (C=O) groups excluding carboxylic acids is 1. The maximum absolute atomic E-state index is 13.2. The first kappa shape index (κ1) is 24.6. The van der Waals surface area contributed by atoms with Crippen LogP contribution in [-0.4, -0.2) is 34.2 Å². The molecule has 0 radical (unpaired) electrons. The van der Waals surface area contributed by atoms with Crippen LogP contribution >= 0.6 is 0 Å². The maximum atomic E-state index is 13.2. The van der Waals surface area contributed by atoms with E-state index in [0.717, 1.165) is 11.1 Å². The summed E-state index contributed by atoms with van der Waals surface area (Å²) in [5.74, 6) is 0.705. The van der Waals surface area contributed by atoms with Gasteiger partial charge in [-0.15, -0.1) is 0 Å². The van der Waals surface area contributed by atoms with E-state index in [9.17, 15) is 17.6 Å². The van der Waals surface area contributed by atoms with E-state index in [0.29, 0.717) is 58.0 Å². The number of benzene rings is 3. The summed E-state index contributed by atoms with van der Waals surface area (Å²) in [5.41, 5.74) is 3.58. The van der Waals surface area contributed by atoms with Gasteiger partial charge in [0.15, 0.2) is 0 Å². The number of amides is 1. The number of nitrogens with zero attached hydrogens (tertiary/aromatic N) is 1. The monoisotopic (exact) mass is 520 g/mol. The van der Waals surface area contributed by atoms with Crippen molar-refractivity contribution in [1.29, 1.82) is 0 Å². The highest BCUT2D eigenvalue weighted by Crippen LogP contribution is 2.41. The third-order valence-electron chi connectivity index (χ3n) is 6.30. The minimum atomic E-state index is -3.52. The van der Waals surface area contributed by atoms with Crippen molar-refractivity contribution in [2.75, 3.05) is 24.2 Å². The molecule has 0 spiro atoms. The summed E-state index contributed by atoms with van der Waals surface area (Å²) in [6, 6.07) is 16.2. The zero-order chi connectivity index (χ0) is 26.3. The first-order valence-electron chi connectivity index (χ1n) is 11.7. The molecule has 0 unspecified atom stereocenters. The van der Waals surface area contributed by atoms with E-state index in [2.05, 4.69) is 5.32 Å². The van der Waals surface area contributed by atoms with Gasteiger partial charge in [-0.3, -0.25) is 9.10 Å². The molecule has 2 heterocycles. The Bertz CT molecular complexity index is 1640. The van der Waals surface area contributed by atoms with Crippen molar-refractivity contribution in [1.82, 2.24) is 5.32 Å². The van der Waals surface area contributed by atoms with Crippen molar-refractivity contribution in [3.8, 4) is 22.8 Å². The number of halogens is 1. The van der Waals surface area contributed by atoms with Gasteiger partial charge in [0.2, 0.25) is 10.0 Å². The molecule has 0 saturated heterocycles. The molecule has 0 bridgehead atoms. The Morgan fingerprint density at radius 1 is 1.05 bits per heavy atom.